The van der Waals surface area contributed by atoms with Crippen molar-refractivity contribution in [1.82, 2.24) is 9.88 Å². The highest BCUT2D eigenvalue weighted by molar-refractivity contribution is 7.13. The van der Waals surface area contributed by atoms with E-state index in [1.165, 1.54) is 11.3 Å². The van der Waals surface area contributed by atoms with Crippen LogP contribution in [0.25, 0.3) is 10.6 Å². The highest BCUT2D eigenvalue weighted by Crippen LogP contribution is 2.32. The van der Waals surface area contributed by atoms with Crippen molar-refractivity contribution in [2.45, 2.75) is 12.8 Å². The Morgan fingerprint density at radius 1 is 1.36 bits per heavy atom. The van der Waals surface area contributed by atoms with E-state index in [1.807, 2.05) is 16.3 Å². The highest BCUT2D eigenvalue weighted by atomic mass is 35.5. The molecule has 3 rings (SSSR count). The van der Waals surface area contributed by atoms with Crippen LogP contribution in [-0.4, -0.2) is 35.4 Å². The third-order valence-electron chi connectivity index (χ3n) is 4.02. The highest BCUT2D eigenvalue weighted by Gasteiger charge is 2.25. The van der Waals surface area contributed by atoms with Crippen molar-refractivity contribution >= 4 is 65.3 Å². The molecule has 0 radical (unpaired) electrons. The van der Waals surface area contributed by atoms with Gasteiger partial charge in [-0.05, 0) is 37.1 Å². The van der Waals surface area contributed by atoms with Crippen molar-refractivity contribution in [1.29, 1.82) is 0 Å². The number of carbonyl (C=O) groups excluding carboxylic acids is 1. The van der Waals surface area contributed by atoms with E-state index >= 15 is 0 Å². The van der Waals surface area contributed by atoms with Crippen molar-refractivity contribution in [2.24, 2.45) is 11.7 Å². The summed E-state index contributed by atoms with van der Waals surface area (Å²) in [5, 5.41) is 3.87. The average Bonchev–Trinajstić information content (AvgIpc) is 3.16. The van der Waals surface area contributed by atoms with Gasteiger partial charge < -0.3 is 10.6 Å². The third-order valence-corrected chi connectivity index (χ3v) is 5.49. The van der Waals surface area contributed by atoms with Gasteiger partial charge in [0.1, 0.15) is 5.01 Å². The lowest BCUT2D eigenvalue weighted by molar-refractivity contribution is -0.129. The number of aromatic nitrogens is 1. The minimum absolute atomic E-state index is 0. The topological polar surface area (TPSA) is 59.2 Å². The number of amides is 1. The van der Waals surface area contributed by atoms with E-state index in [0.717, 1.165) is 35.8 Å². The first kappa shape index (κ1) is 22.5. The third kappa shape index (κ3) is 5.46. The lowest BCUT2D eigenvalue weighted by Gasteiger charge is -2.15. The fraction of sp³-hybridized carbons (Fsp3) is 0.375. The molecule has 25 heavy (non-hydrogen) atoms. The summed E-state index contributed by atoms with van der Waals surface area (Å²) in [6, 6.07) is 5.33. The Bertz CT molecular complexity index is 725. The fourth-order valence-electron chi connectivity index (χ4n) is 2.69. The molecule has 1 fully saturated rings. The molecule has 0 bridgehead atoms. The van der Waals surface area contributed by atoms with E-state index < -0.39 is 0 Å². The molecule has 1 atom stereocenters. The lowest BCUT2D eigenvalue weighted by atomic mass is 10.1. The summed E-state index contributed by atoms with van der Waals surface area (Å²) in [5.74, 6) is 0.540. The normalized spacial score (nSPS) is 16.3. The van der Waals surface area contributed by atoms with Crippen LogP contribution in [-0.2, 0) is 11.2 Å². The van der Waals surface area contributed by atoms with Gasteiger partial charge in [0.05, 0.1) is 17.1 Å². The van der Waals surface area contributed by atoms with E-state index in [4.69, 9.17) is 28.9 Å². The van der Waals surface area contributed by atoms with Crippen LogP contribution in [0, 0.1) is 5.92 Å². The van der Waals surface area contributed by atoms with E-state index in [0.29, 0.717) is 28.9 Å². The second kappa shape index (κ2) is 9.95. The standard InChI is InChI=1S/C16H17Cl2N3OS.2ClH/c17-11-1-2-13(14(18)5-11)16-20-12(9-23-16)6-15(22)21-4-3-10(7-19)8-21;;/h1-2,5,9-10H,3-4,6-8,19H2;2*1H. The van der Waals surface area contributed by atoms with Crippen molar-refractivity contribution in [2.75, 3.05) is 19.6 Å². The molecule has 2 heterocycles. The molecule has 1 amide bonds. The van der Waals surface area contributed by atoms with Gasteiger partial charge in [0.2, 0.25) is 5.91 Å². The van der Waals surface area contributed by atoms with Gasteiger partial charge in [-0.2, -0.15) is 0 Å². The van der Waals surface area contributed by atoms with Crippen molar-refractivity contribution < 1.29 is 4.79 Å². The summed E-state index contributed by atoms with van der Waals surface area (Å²) in [6.07, 6.45) is 1.31. The Hall–Kier alpha value is -0.560. The lowest BCUT2D eigenvalue weighted by Crippen LogP contribution is -2.31. The number of hydrogen-bond donors (Lipinski definition) is 1. The molecule has 1 saturated heterocycles. The first-order valence-corrected chi connectivity index (χ1v) is 9.08. The maximum atomic E-state index is 12.3. The zero-order valence-corrected chi connectivity index (χ0v) is 17.2. The number of likely N-dealkylation sites (tertiary alicyclic amines) is 1. The van der Waals surface area contributed by atoms with Crippen molar-refractivity contribution in [3.8, 4) is 10.6 Å². The quantitative estimate of drug-likeness (QED) is 0.767. The largest absolute Gasteiger partial charge is 0.342 e. The molecular formula is C16H19Cl4N3OS. The first-order chi connectivity index (χ1) is 11.1. The number of benzene rings is 1. The predicted molar refractivity (Wildman–Crippen MR) is 110 cm³/mol. The van der Waals surface area contributed by atoms with Crippen molar-refractivity contribution in [3.05, 3.63) is 39.3 Å². The van der Waals surface area contributed by atoms with Gasteiger partial charge in [0, 0.05) is 29.1 Å². The molecule has 1 aromatic heterocycles. The van der Waals surface area contributed by atoms with Gasteiger partial charge in [-0.3, -0.25) is 4.79 Å². The molecule has 1 aliphatic heterocycles. The number of nitrogens with two attached hydrogens (primary N) is 1. The number of thiazole rings is 1. The van der Waals surface area contributed by atoms with Crippen LogP contribution in [0.5, 0.6) is 0 Å². The zero-order valence-electron chi connectivity index (χ0n) is 13.3. The molecule has 0 saturated carbocycles. The van der Waals surface area contributed by atoms with E-state index in [-0.39, 0.29) is 30.7 Å². The van der Waals surface area contributed by atoms with Crippen LogP contribution in [0.4, 0.5) is 0 Å². The van der Waals surface area contributed by atoms with E-state index in [9.17, 15) is 4.79 Å². The monoisotopic (exact) mass is 441 g/mol. The van der Waals surface area contributed by atoms with Gasteiger partial charge in [-0.1, -0.05) is 23.2 Å². The van der Waals surface area contributed by atoms with Gasteiger partial charge in [-0.15, -0.1) is 36.2 Å². The molecule has 4 nitrogen and oxygen atoms in total. The van der Waals surface area contributed by atoms with Crippen LogP contribution < -0.4 is 5.73 Å². The maximum Gasteiger partial charge on any atom is 0.228 e. The minimum atomic E-state index is 0. The molecule has 9 heteroatoms. The molecule has 2 aromatic rings. The minimum Gasteiger partial charge on any atom is -0.342 e. The number of hydrogen-bond acceptors (Lipinski definition) is 4. The summed E-state index contributed by atoms with van der Waals surface area (Å²) in [4.78, 5) is 18.8. The van der Waals surface area contributed by atoms with Crippen LogP contribution in [0.3, 0.4) is 0 Å². The van der Waals surface area contributed by atoms with E-state index in [2.05, 4.69) is 4.98 Å². The van der Waals surface area contributed by atoms with Crippen LogP contribution in [0.1, 0.15) is 12.1 Å². The summed E-state index contributed by atoms with van der Waals surface area (Å²) in [5.41, 5.74) is 7.28. The summed E-state index contributed by atoms with van der Waals surface area (Å²) < 4.78 is 0. The van der Waals surface area contributed by atoms with Crippen molar-refractivity contribution in [3.63, 3.8) is 0 Å². The molecular weight excluding hydrogens is 424 g/mol. The smallest absolute Gasteiger partial charge is 0.228 e. The van der Waals surface area contributed by atoms with Crippen LogP contribution in [0.2, 0.25) is 10.0 Å². The molecule has 1 aromatic carbocycles. The van der Waals surface area contributed by atoms with Gasteiger partial charge in [0.25, 0.3) is 0 Å². The number of halogens is 4. The molecule has 2 N–H and O–H groups in total. The van der Waals surface area contributed by atoms with Crippen LogP contribution in [0.15, 0.2) is 23.6 Å². The summed E-state index contributed by atoms with van der Waals surface area (Å²) >= 11 is 13.6. The molecule has 1 unspecified atom stereocenters. The molecule has 1 aliphatic rings. The Kier molecular flexibility index (Phi) is 8.95. The molecule has 0 aliphatic carbocycles. The fourth-order valence-corrected chi connectivity index (χ4v) is 4.11. The SMILES string of the molecule is Cl.Cl.NCC1CCN(C(=O)Cc2csc(-c3ccc(Cl)cc3Cl)n2)C1. The Morgan fingerprint density at radius 3 is 2.76 bits per heavy atom. The van der Waals surface area contributed by atoms with Gasteiger partial charge in [-0.25, -0.2) is 4.98 Å². The first-order valence-electron chi connectivity index (χ1n) is 7.44. The Morgan fingerprint density at radius 2 is 2.12 bits per heavy atom. The molecule has 138 valence electrons. The summed E-state index contributed by atoms with van der Waals surface area (Å²) in [6.45, 7) is 2.19. The maximum absolute atomic E-state index is 12.3. The second-order valence-corrected chi connectivity index (χ2v) is 7.38. The van der Waals surface area contributed by atoms with E-state index in [1.54, 1.807) is 12.1 Å². The molecule has 0 spiro atoms. The number of rotatable bonds is 4. The number of nitrogens with zero attached hydrogens (tertiary/aromatic N) is 2. The zero-order chi connectivity index (χ0) is 16.4. The average molecular weight is 443 g/mol. The summed E-state index contributed by atoms with van der Waals surface area (Å²) in [7, 11) is 0. The van der Waals surface area contributed by atoms with Gasteiger partial charge in [0.15, 0.2) is 0 Å². The predicted octanol–water partition coefficient (Wildman–Crippen LogP) is 4.31. The Balaban J connectivity index is 0.00000156. The number of carbonyl (C=O) groups is 1. The second-order valence-electron chi connectivity index (χ2n) is 5.68. The van der Waals surface area contributed by atoms with Crippen LogP contribution >= 0.6 is 59.4 Å². The van der Waals surface area contributed by atoms with Gasteiger partial charge >= 0.3 is 0 Å². The Labute approximate surface area is 173 Å².